The average Bonchev–Trinajstić information content (AvgIpc) is 3.08. The van der Waals surface area contributed by atoms with Crippen molar-refractivity contribution in [2.75, 3.05) is 0 Å². The van der Waals surface area contributed by atoms with Crippen molar-refractivity contribution in [1.82, 2.24) is 0 Å². The Kier molecular flexibility index (Phi) is 28.4. The number of rotatable bonds is 9. The third-order valence-electron chi connectivity index (χ3n) is 5.16. The fourth-order valence-corrected chi connectivity index (χ4v) is 3.69. The van der Waals surface area contributed by atoms with Crippen LogP contribution in [0.2, 0.25) is 0 Å². The second-order valence-corrected chi connectivity index (χ2v) is 8.84. The molecule has 0 fully saturated rings. The Morgan fingerprint density at radius 2 is 1.31 bits per heavy atom. The van der Waals surface area contributed by atoms with Crippen LogP contribution in [0.4, 0.5) is 0 Å². The van der Waals surface area contributed by atoms with Crippen molar-refractivity contribution in [2.24, 2.45) is 0 Å². The standard InChI is InChI=1S/C25H34.2C3H8.C2H6.C2H4/c1-5-7-9-11-13-17-21-22-18-15-16-20-24(22)25(3,4)23(21)19-14-12-10-8-6-2;2*1-3-2;2*1-2/h6,8,11,13-16,18-20H,5,7,9-10,12,17H2,1-4H3;2*3H2,1-2H3;1-2H3;1-2H2/b8-6-,13-11-,19-14-;;;;. The van der Waals surface area contributed by atoms with E-state index >= 15 is 0 Å². The second-order valence-electron chi connectivity index (χ2n) is 8.84. The van der Waals surface area contributed by atoms with E-state index in [1.54, 1.807) is 0 Å². The molecule has 0 N–H and O–H groups in total. The van der Waals surface area contributed by atoms with Gasteiger partial charge < -0.3 is 0 Å². The highest BCUT2D eigenvalue weighted by atomic mass is 14.4. The molecule has 0 radical (unpaired) electrons. The van der Waals surface area contributed by atoms with Gasteiger partial charge in [0.2, 0.25) is 0 Å². The smallest absolute Gasteiger partial charge is 0.0155 e. The number of hydrogen-bond donors (Lipinski definition) is 0. The van der Waals surface area contributed by atoms with E-state index in [9.17, 15) is 0 Å². The van der Waals surface area contributed by atoms with Crippen molar-refractivity contribution in [3.8, 4) is 0 Å². The minimum absolute atomic E-state index is 0.0975. The van der Waals surface area contributed by atoms with E-state index in [0.29, 0.717) is 0 Å². The predicted octanol–water partition coefficient (Wildman–Crippen LogP) is 12.4. The molecule has 0 heterocycles. The summed E-state index contributed by atoms with van der Waals surface area (Å²) in [5, 5.41) is 0. The zero-order chi connectivity index (χ0) is 27.5. The summed E-state index contributed by atoms with van der Waals surface area (Å²) >= 11 is 0. The molecular weight excluding hydrogens is 420 g/mol. The molecule has 0 aromatic heterocycles. The van der Waals surface area contributed by atoms with Gasteiger partial charge in [-0.2, -0.15) is 0 Å². The van der Waals surface area contributed by atoms with Crippen LogP contribution in [0.15, 0.2) is 79.5 Å². The average molecular weight is 481 g/mol. The predicted molar refractivity (Wildman–Crippen MR) is 167 cm³/mol. The Balaban J connectivity index is -0.000000891. The maximum atomic E-state index is 3.00. The van der Waals surface area contributed by atoms with Gasteiger partial charge in [0, 0.05) is 5.41 Å². The number of benzene rings is 1. The van der Waals surface area contributed by atoms with Crippen LogP contribution < -0.4 is 0 Å². The summed E-state index contributed by atoms with van der Waals surface area (Å²) < 4.78 is 0. The van der Waals surface area contributed by atoms with Crippen molar-refractivity contribution >= 4 is 5.57 Å². The van der Waals surface area contributed by atoms with Crippen LogP contribution in [0.1, 0.15) is 132 Å². The van der Waals surface area contributed by atoms with Crippen LogP contribution >= 0.6 is 0 Å². The molecule has 0 saturated heterocycles. The lowest BCUT2D eigenvalue weighted by molar-refractivity contribution is 0.653. The molecule has 1 aromatic carbocycles. The number of unbranched alkanes of at least 4 members (excludes halogenated alkanes) is 3. The van der Waals surface area contributed by atoms with Crippen LogP contribution in [-0.2, 0) is 5.41 Å². The first kappa shape index (κ1) is 37.5. The Hall–Kier alpha value is -2.08. The van der Waals surface area contributed by atoms with Crippen molar-refractivity contribution in [3.63, 3.8) is 0 Å². The van der Waals surface area contributed by atoms with Gasteiger partial charge in [0.25, 0.3) is 0 Å². The summed E-state index contributed by atoms with van der Waals surface area (Å²) in [6, 6.07) is 8.95. The molecule has 0 unspecified atom stereocenters. The van der Waals surface area contributed by atoms with E-state index in [4.69, 9.17) is 0 Å². The fraction of sp³-hybridized carbons (Fsp3) is 0.543. The quantitative estimate of drug-likeness (QED) is 0.243. The molecule has 0 atom stereocenters. The topological polar surface area (TPSA) is 0 Å². The van der Waals surface area contributed by atoms with Gasteiger partial charge in [-0.25, -0.2) is 0 Å². The number of fused-ring (bicyclic) bond motifs is 1. The lowest BCUT2D eigenvalue weighted by Gasteiger charge is -2.23. The summed E-state index contributed by atoms with van der Waals surface area (Å²) in [5.41, 5.74) is 6.02. The molecule has 1 aliphatic carbocycles. The SMILES string of the molecule is C/C=C\CC/C=C\C1=C(C/C=C\CCCC)c2ccccc2C1(C)C.C=C.CC.CCC.CCC. The van der Waals surface area contributed by atoms with Crippen molar-refractivity contribution in [2.45, 2.75) is 126 Å². The van der Waals surface area contributed by atoms with Gasteiger partial charge in [0.15, 0.2) is 0 Å². The van der Waals surface area contributed by atoms with Gasteiger partial charge in [-0.3, -0.25) is 0 Å². The summed E-state index contributed by atoms with van der Waals surface area (Å²) in [5.74, 6) is 0. The molecule has 0 amide bonds. The fourth-order valence-electron chi connectivity index (χ4n) is 3.69. The summed E-state index contributed by atoms with van der Waals surface area (Å²) in [7, 11) is 0. The lowest BCUT2D eigenvalue weighted by Crippen LogP contribution is -2.16. The van der Waals surface area contributed by atoms with E-state index in [1.165, 1.54) is 54.4 Å². The minimum Gasteiger partial charge on any atom is -0.106 e. The van der Waals surface area contributed by atoms with Gasteiger partial charge in [0.05, 0.1) is 0 Å². The van der Waals surface area contributed by atoms with Crippen molar-refractivity contribution < 1.29 is 0 Å². The molecule has 1 aliphatic rings. The van der Waals surface area contributed by atoms with Gasteiger partial charge in [-0.1, -0.05) is 149 Å². The first-order valence-electron chi connectivity index (χ1n) is 14.2. The Bertz CT molecular complexity index is 707. The minimum atomic E-state index is 0.0975. The van der Waals surface area contributed by atoms with Gasteiger partial charge in [0.1, 0.15) is 0 Å². The normalized spacial score (nSPS) is 13.2. The van der Waals surface area contributed by atoms with Crippen molar-refractivity contribution in [3.05, 3.63) is 90.6 Å². The Morgan fingerprint density at radius 1 is 0.771 bits per heavy atom. The third kappa shape index (κ3) is 15.5. The van der Waals surface area contributed by atoms with Gasteiger partial charge in [-0.15, -0.1) is 13.2 Å². The highest BCUT2D eigenvalue weighted by molar-refractivity contribution is 5.82. The van der Waals surface area contributed by atoms with Crippen LogP contribution in [0.3, 0.4) is 0 Å². The summed E-state index contributed by atoms with van der Waals surface area (Å²) in [4.78, 5) is 0. The maximum absolute atomic E-state index is 3.00. The molecular formula is C35H60. The Morgan fingerprint density at radius 3 is 1.86 bits per heavy atom. The highest BCUT2D eigenvalue weighted by Gasteiger charge is 2.35. The molecule has 35 heavy (non-hydrogen) atoms. The van der Waals surface area contributed by atoms with Crippen LogP contribution in [0, 0.1) is 0 Å². The van der Waals surface area contributed by atoms with E-state index in [2.05, 4.69) is 129 Å². The molecule has 0 saturated carbocycles. The monoisotopic (exact) mass is 480 g/mol. The van der Waals surface area contributed by atoms with Crippen molar-refractivity contribution in [1.29, 1.82) is 0 Å². The number of allylic oxidation sites excluding steroid dienone is 8. The Labute approximate surface area is 222 Å². The first-order chi connectivity index (χ1) is 17.0. The van der Waals surface area contributed by atoms with E-state index in [1.807, 2.05) is 13.8 Å². The zero-order valence-corrected chi connectivity index (χ0v) is 25.3. The molecule has 1 aromatic rings. The highest BCUT2D eigenvalue weighted by Crippen LogP contribution is 2.48. The largest absolute Gasteiger partial charge is 0.106 e. The molecule has 0 spiro atoms. The zero-order valence-electron chi connectivity index (χ0n) is 25.3. The summed E-state index contributed by atoms with van der Waals surface area (Å²) in [6.45, 7) is 27.6. The molecule has 0 bridgehead atoms. The molecule has 0 nitrogen and oxygen atoms in total. The number of hydrogen-bond acceptors (Lipinski definition) is 0. The van der Waals surface area contributed by atoms with Crippen LogP contribution in [-0.4, -0.2) is 0 Å². The molecule has 0 heteroatoms. The molecule has 0 aliphatic heterocycles. The molecule has 2 rings (SSSR count). The van der Waals surface area contributed by atoms with Crippen LogP contribution in [0.5, 0.6) is 0 Å². The first-order valence-corrected chi connectivity index (χ1v) is 14.2. The summed E-state index contributed by atoms with van der Waals surface area (Å²) in [6.07, 6.45) is 23.4. The second kappa shape index (κ2) is 26.5. The lowest BCUT2D eigenvalue weighted by atomic mass is 9.81. The van der Waals surface area contributed by atoms with Gasteiger partial charge in [-0.05, 0) is 54.9 Å². The maximum Gasteiger partial charge on any atom is 0.0155 e. The third-order valence-corrected chi connectivity index (χ3v) is 5.16. The molecule has 200 valence electrons. The van der Waals surface area contributed by atoms with Crippen LogP contribution in [0.25, 0.3) is 5.57 Å². The van der Waals surface area contributed by atoms with E-state index < -0.39 is 0 Å². The van der Waals surface area contributed by atoms with E-state index in [0.717, 1.165) is 19.3 Å². The van der Waals surface area contributed by atoms with E-state index in [-0.39, 0.29) is 5.41 Å². The van der Waals surface area contributed by atoms with Gasteiger partial charge >= 0.3 is 0 Å².